The molecule has 7 heteroatoms. The molecular weight excluding hydrogens is 336 g/mol. The van der Waals surface area contributed by atoms with E-state index in [1.807, 2.05) is 31.2 Å². The molecule has 1 aromatic heterocycles. The lowest BCUT2D eigenvalue weighted by Crippen LogP contribution is -2.28. The lowest BCUT2D eigenvalue weighted by Gasteiger charge is -2.15. The van der Waals surface area contributed by atoms with Gasteiger partial charge in [-0.3, -0.25) is 9.36 Å². The number of oxazole rings is 1. The van der Waals surface area contributed by atoms with Gasteiger partial charge in [-0.1, -0.05) is 18.2 Å². The lowest BCUT2D eigenvalue weighted by atomic mass is 10.1. The van der Waals surface area contributed by atoms with E-state index in [1.165, 1.54) is 4.57 Å². The van der Waals surface area contributed by atoms with E-state index in [2.05, 4.69) is 5.32 Å². The van der Waals surface area contributed by atoms with Crippen LogP contribution < -0.4 is 20.5 Å². The van der Waals surface area contributed by atoms with E-state index in [-0.39, 0.29) is 31.7 Å². The number of para-hydroxylation sites is 2. The van der Waals surface area contributed by atoms with Gasteiger partial charge in [0, 0.05) is 13.0 Å². The van der Waals surface area contributed by atoms with Crippen molar-refractivity contribution >= 4 is 17.0 Å². The highest BCUT2D eigenvalue weighted by molar-refractivity contribution is 5.77. The molecule has 0 spiro atoms. The quantitative estimate of drug-likeness (QED) is 0.761. The average molecular weight is 354 g/mol. The van der Waals surface area contributed by atoms with Gasteiger partial charge < -0.3 is 19.2 Å². The Labute approximate surface area is 149 Å². The molecule has 0 saturated carbocycles. The summed E-state index contributed by atoms with van der Waals surface area (Å²) in [7, 11) is 0. The van der Waals surface area contributed by atoms with Crippen molar-refractivity contribution in [2.45, 2.75) is 25.9 Å². The second-order valence-electron chi connectivity index (χ2n) is 6.14. The van der Waals surface area contributed by atoms with Crippen LogP contribution in [0.15, 0.2) is 51.7 Å². The normalized spacial score (nSPS) is 13.7. The number of aromatic nitrogens is 1. The molecule has 0 saturated heterocycles. The van der Waals surface area contributed by atoms with Gasteiger partial charge in [0.05, 0.1) is 11.6 Å². The van der Waals surface area contributed by atoms with Crippen molar-refractivity contribution in [3.63, 3.8) is 0 Å². The predicted octanol–water partition coefficient (Wildman–Crippen LogP) is 2.59. The highest BCUT2D eigenvalue weighted by atomic mass is 16.7. The number of carbonyl (C=O) groups excluding carboxylic acids is 1. The first-order valence-corrected chi connectivity index (χ1v) is 8.39. The molecule has 26 heavy (non-hydrogen) atoms. The zero-order valence-corrected chi connectivity index (χ0v) is 14.2. The Kier molecular flexibility index (Phi) is 4.12. The molecule has 0 fully saturated rings. The number of hydrogen-bond acceptors (Lipinski definition) is 5. The Morgan fingerprint density at radius 3 is 2.88 bits per heavy atom. The Morgan fingerprint density at radius 1 is 1.19 bits per heavy atom. The summed E-state index contributed by atoms with van der Waals surface area (Å²) < 4.78 is 17.3. The molecule has 1 N–H and O–H groups in total. The minimum atomic E-state index is -0.456. The first kappa shape index (κ1) is 16.3. The fraction of sp³-hybridized carbons (Fsp3) is 0.263. The van der Waals surface area contributed by atoms with Crippen LogP contribution in [0.4, 0.5) is 0 Å². The number of aryl methyl sites for hydroxylation is 1. The van der Waals surface area contributed by atoms with Gasteiger partial charge in [0.25, 0.3) is 0 Å². The number of hydrogen-bond donors (Lipinski definition) is 1. The minimum Gasteiger partial charge on any atom is -0.454 e. The number of ether oxygens (including phenoxy) is 2. The fourth-order valence-electron chi connectivity index (χ4n) is 3.02. The maximum atomic E-state index is 12.3. The Morgan fingerprint density at radius 2 is 2.00 bits per heavy atom. The van der Waals surface area contributed by atoms with E-state index in [4.69, 9.17) is 13.9 Å². The largest absolute Gasteiger partial charge is 0.454 e. The number of carbonyl (C=O) groups is 1. The standard InChI is InChI=1S/C19H18N2O5/c1-12(13-6-7-16-17(10-13)25-11-24-16)20-18(22)8-9-21-14-4-2-3-5-15(14)26-19(21)23/h2-7,10,12H,8-9,11H2,1H3,(H,20,22). The third kappa shape index (κ3) is 3.03. The van der Waals surface area contributed by atoms with Crippen LogP contribution in [0.25, 0.3) is 11.1 Å². The SMILES string of the molecule is CC(NC(=O)CCn1c(=O)oc2ccccc21)c1ccc2c(c1)OCO2. The van der Waals surface area contributed by atoms with Crippen LogP contribution >= 0.6 is 0 Å². The molecule has 2 aromatic carbocycles. The Hall–Kier alpha value is -3.22. The summed E-state index contributed by atoms with van der Waals surface area (Å²) in [4.78, 5) is 24.2. The van der Waals surface area contributed by atoms with Gasteiger partial charge >= 0.3 is 5.76 Å². The molecule has 134 valence electrons. The molecule has 1 aliphatic rings. The number of fused-ring (bicyclic) bond motifs is 2. The van der Waals surface area contributed by atoms with Gasteiger partial charge in [0.15, 0.2) is 17.1 Å². The highest BCUT2D eigenvalue weighted by Gasteiger charge is 2.17. The van der Waals surface area contributed by atoms with Crippen LogP contribution in [0.5, 0.6) is 11.5 Å². The van der Waals surface area contributed by atoms with Crippen LogP contribution in [-0.2, 0) is 11.3 Å². The highest BCUT2D eigenvalue weighted by Crippen LogP contribution is 2.34. The van der Waals surface area contributed by atoms with Crippen LogP contribution in [0.2, 0.25) is 0 Å². The average Bonchev–Trinajstić information content (AvgIpc) is 3.22. The summed E-state index contributed by atoms with van der Waals surface area (Å²) in [6, 6.07) is 12.6. The van der Waals surface area contributed by atoms with E-state index in [1.54, 1.807) is 18.2 Å². The number of benzene rings is 2. The lowest BCUT2D eigenvalue weighted by molar-refractivity contribution is -0.121. The monoisotopic (exact) mass is 354 g/mol. The van der Waals surface area contributed by atoms with Crippen molar-refractivity contribution in [1.82, 2.24) is 9.88 Å². The summed E-state index contributed by atoms with van der Waals surface area (Å²) in [5.41, 5.74) is 2.13. The smallest absolute Gasteiger partial charge is 0.419 e. The molecular formula is C19H18N2O5. The second kappa shape index (κ2) is 6.59. The van der Waals surface area contributed by atoms with Crippen molar-refractivity contribution in [1.29, 1.82) is 0 Å². The molecule has 0 bridgehead atoms. The van der Waals surface area contributed by atoms with Crippen molar-refractivity contribution in [2.24, 2.45) is 0 Å². The molecule has 2 heterocycles. The second-order valence-corrected chi connectivity index (χ2v) is 6.14. The van der Waals surface area contributed by atoms with E-state index >= 15 is 0 Å². The van der Waals surface area contributed by atoms with Gasteiger partial charge in [-0.05, 0) is 36.8 Å². The van der Waals surface area contributed by atoms with Gasteiger partial charge in [0.2, 0.25) is 12.7 Å². The topological polar surface area (TPSA) is 82.7 Å². The summed E-state index contributed by atoms with van der Waals surface area (Å²) in [6.07, 6.45) is 0.179. The number of amides is 1. The molecule has 1 atom stereocenters. The zero-order chi connectivity index (χ0) is 18.1. The van der Waals surface area contributed by atoms with E-state index in [0.717, 1.165) is 5.56 Å². The van der Waals surface area contributed by atoms with Crippen LogP contribution in [0, 0.1) is 0 Å². The molecule has 1 unspecified atom stereocenters. The molecule has 1 amide bonds. The Balaban J connectivity index is 1.40. The molecule has 0 radical (unpaired) electrons. The third-order valence-corrected chi connectivity index (χ3v) is 4.41. The predicted molar refractivity (Wildman–Crippen MR) is 94.2 cm³/mol. The maximum Gasteiger partial charge on any atom is 0.419 e. The first-order chi connectivity index (χ1) is 12.6. The number of nitrogens with zero attached hydrogens (tertiary/aromatic N) is 1. The molecule has 4 rings (SSSR count). The van der Waals surface area contributed by atoms with Gasteiger partial charge in [-0.2, -0.15) is 0 Å². The summed E-state index contributed by atoms with van der Waals surface area (Å²) >= 11 is 0. The minimum absolute atomic E-state index is 0.146. The molecule has 7 nitrogen and oxygen atoms in total. The van der Waals surface area contributed by atoms with Crippen LogP contribution in [0.3, 0.4) is 0 Å². The molecule has 0 aliphatic carbocycles. The summed E-state index contributed by atoms with van der Waals surface area (Å²) in [6.45, 7) is 2.37. The van der Waals surface area contributed by atoms with Gasteiger partial charge in [-0.15, -0.1) is 0 Å². The molecule has 3 aromatic rings. The number of rotatable bonds is 5. The van der Waals surface area contributed by atoms with E-state index < -0.39 is 5.76 Å². The van der Waals surface area contributed by atoms with E-state index in [0.29, 0.717) is 22.6 Å². The number of nitrogens with one attached hydrogen (secondary N) is 1. The van der Waals surface area contributed by atoms with Crippen LogP contribution in [-0.4, -0.2) is 17.3 Å². The Bertz CT molecular complexity index is 1020. The first-order valence-electron chi connectivity index (χ1n) is 8.39. The van der Waals surface area contributed by atoms with Crippen molar-refractivity contribution < 1.29 is 18.7 Å². The van der Waals surface area contributed by atoms with Crippen LogP contribution in [0.1, 0.15) is 24.9 Å². The third-order valence-electron chi connectivity index (χ3n) is 4.41. The van der Waals surface area contributed by atoms with Gasteiger partial charge in [-0.25, -0.2) is 4.79 Å². The van der Waals surface area contributed by atoms with E-state index in [9.17, 15) is 9.59 Å². The van der Waals surface area contributed by atoms with Crippen molar-refractivity contribution in [2.75, 3.05) is 6.79 Å². The van der Waals surface area contributed by atoms with Gasteiger partial charge in [0.1, 0.15) is 0 Å². The molecule has 1 aliphatic heterocycles. The maximum absolute atomic E-state index is 12.3. The summed E-state index contributed by atoms with van der Waals surface area (Å²) in [5, 5.41) is 2.94. The summed E-state index contributed by atoms with van der Waals surface area (Å²) in [5.74, 6) is 0.786. The zero-order valence-electron chi connectivity index (χ0n) is 14.2. The fourth-order valence-corrected chi connectivity index (χ4v) is 3.02. The van der Waals surface area contributed by atoms with Crippen molar-refractivity contribution in [3.8, 4) is 11.5 Å². The van der Waals surface area contributed by atoms with Crippen molar-refractivity contribution in [3.05, 3.63) is 58.6 Å².